The Balaban J connectivity index is 1.90. The summed E-state index contributed by atoms with van der Waals surface area (Å²) in [6, 6.07) is 7.02. The van der Waals surface area contributed by atoms with Crippen molar-refractivity contribution >= 4 is 23.5 Å². The number of carboxylic acid groups (broad SMARTS) is 1. The van der Waals surface area contributed by atoms with Crippen molar-refractivity contribution in [3.05, 3.63) is 41.2 Å². The quantitative estimate of drug-likeness (QED) is 0.748. The van der Waals surface area contributed by atoms with Crippen LogP contribution in [0.4, 0.5) is 0 Å². The fourth-order valence-corrected chi connectivity index (χ4v) is 2.54. The second kappa shape index (κ2) is 8.67. The molecule has 0 bridgehead atoms. The van der Waals surface area contributed by atoms with Crippen LogP contribution in [0.3, 0.4) is 0 Å². The normalized spacial score (nSPS) is 12.2. The van der Waals surface area contributed by atoms with E-state index in [2.05, 4.69) is 10.3 Å². The third-order valence-corrected chi connectivity index (χ3v) is 3.89. The van der Waals surface area contributed by atoms with Gasteiger partial charge >= 0.3 is 5.97 Å². The summed E-state index contributed by atoms with van der Waals surface area (Å²) < 4.78 is 5.38. The minimum absolute atomic E-state index is 0.0328. The molecule has 1 aromatic carbocycles. The van der Waals surface area contributed by atoms with Crippen molar-refractivity contribution in [1.82, 2.24) is 10.3 Å². The number of halogens is 1. The molecule has 1 unspecified atom stereocenters. The molecule has 0 aliphatic carbocycles. The first kappa shape index (κ1) is 19.0. The van der Waals surface area contributed by atoms with Crippen LogP contribution >= 0.6 is 11.6 Å². The van der Waals surface area contributed by atoms with Crippen molar-refractivity contribution in [2.75, 3.05) is 6.54 Å². The fourth-order valence-electron chi connectivity index (χ4n) is 2.42. The Bertz CT molecular complexity index is 725. The fraction of sp³-hybridized carbons (Fsp3) is 0.389. The standard InChI is InChI=1S/C18H21ClN2O4/c1-11(2)7-13(18(23)24)9-20-16(22)8-15-10-25-17(21-15)12-3-5-14(19)6-4-12/h3-6,10-11,13H,7-9H2,1-2H3,(H,20,22)(H,23,24). The van der Waals surface area contributed by atoms with Crippen LogP contribution in [0.2, 0.25) is 5.02 Å². The van der Waals surface area contributed by atoms with E-state index < -0.39 is 11.9 Å². The average Bonchev–Trinajstić information content (AvgIpc) is 3.00. The van der Waals surface area contributed by atoms with E-state index >= 15 is 0 Å². The van der Waals surface area contributed by atoms with E-state index in [1.165, 1.54) is 6.26 Å². The number of carbonyl (C=O) groups excluding carboxylic acids is 1. The van der Waals surface area contributed by atoms with Gasteiger partial charge < -0.3 is 14.8 Å². The van der Waals surface area contributed by atoms with Crippen molar-refractivity contribution in [3.8, 4) is 11.5 Å². The van der Waals surface area contributed by atoms with Crippen molar-refractivity contribution in [3.63, 3.8) is 0 Å². The maximum atomic E-state index is 12.0. The third kappa shape index (κ3) is 5.90. The number of benzene rings is 1. The zero-order valence-corrected chi connectivity index (χ0v) is 14.9. The van der Waals surface area contributed by atoms with Crippen LogP contribution in [-0.4, -0.2) is 28.5 Å². The molecule has 0 radical (unpaired) electrons. The molecule has 2 rings (SSSR count). The third-order valence-electron chi connectivity index (χ3n) is 3.64. The van der Waals surface area contributed by atoms with E-state index in [1.807, 2.05) is 13.8 Å². The summed E-state index contributed by atoms with van der Waals surface area (Å²) in [5.74, 6) is -1.13. The first-order valence-corrected chi connectivity index (χ1v) is 8.42. The van der Waals surface area contributed by atoms with Gasteiger partial charge in [-0.25, -0.2) is 4.98 Å². The number of carboxylic acids is 1. The molecule has 134 valence electrons. The molecule has 0 fully saturated rings. The molecule has 25 heavy (non-hydrogen) atoms. The number of rotatable bonds is 8. The number of aliphatic carboxylic acids is 1. The smallest absolute Gasteiger partial charge is 0.308 e. The Kier molecular flexibility index (Phi) is 6.58. The second-order valence-electron chi connectivity index (χ2n) is 6.30. The number of nitrogens with one attached hydrogen (secondary N) is 1. The highest BCUT2D eigenvalue weighted by molar-refractivity contribution is 6.30. The molecule has 0 aliphatic heterocycles. The summed E-state index contributed by atoms with van der Waals surface area (Å²) in [6.45, 7) is 4.01. The molecule has 1 aromatic heterocycles. The Morgan fingerprint density at radius 3 is 2.56 bits per heavy atom. The Morgan fingerprint density at radius 2 is 1.96 bits per heavy atom. The van der Waals surface area contributed by atoms with Gasteiger partial charge in [-0.3, -0.25) is 9.59 Å². The lowest BCUT2D eigenvalue weighted by Gasteiger charge is -2.15. The summed E-state index contributed by atoms with van der Waals surface area (Å²) >= 11 is 5.84. The lowest BCUT2D eigenvalue weighted by molar-refractivity contribution is -0.142. The molecule has 1 amide bonds. The summed E-state index contributed by atoms with van der Waals surface area (Å²) in [4.78, 5) is 27.5. The molecule has 0 saturated carbocycles. The number of hydrogen-bond donors (Lipinski definition) is 2. The van der Waals surface area contributed by atoms with Gasteiger partial charge in [0.15, 0.2) is 0 Å². The minimum atomic E-state index is -0.902. The number of amides is 1. The highest BCUT2D eigenvalue weighted by Gasteiger charge is 2.20. The Labute approximate surface area is 151 Å². The maximum absolute atomic E-state index is 12.0. The molecule has 2 aromatic rings. The SMILES string of the molecule is CC(C)CC(CNC(=O)Cc1coc(-c2ccc(Cl)cc2)n1)C(=O)O. The molecule has 0 saturated heterocycles. The highest BCUT2D eigenvalue weighted by Crippen LogP contribution is 2.21. The Morgan fingerprint density at radius 1 is 1.28 bits per heavy atom. The number of aromatic nitrogens is 1. The van der Waals surface area contributed by atoms with Crippen LogP contribution in [-0.2, 0) is 16.0 Å². The lowest BCUT2D eigenvalue weighted by atomic mass is 9.97. The van der Waals surface area contributed by atoms with Gasteiger partial charge in [-0.05, 0) is 36.6 Å². The topological polar surface area (TPSA) is 92.4 Å². The number of carbonyl (C=O) groups is 2. The highest BCUT2D eigenvalue weighted by atomic mass is 35.5. The van der Waals surface area contributed by atoms with E-state index in [-0.39, 0.29) is 24.8 Å². The monoisotopic (exact) mass is 364 g/mol. The molecular weight excluding hydrogens is 344 g/mol. The van der Waals surface area contributed by atoms with Gasteiger partial charge in [-0.15, -0.1) is 0 Å². The molecule has 0 aliphatic rings. The first-order chi connectivity index (χ1) is 11.8. The van der Waals surface area contributed by atoms with Crippen LogP contribution in [0.25, 0.3) is 11.5 Å². The van der Waals surface area contributed by atoms with Crippen LogP contribution in [0.1, 0.15) is 26.0 Å². The molecule has 0 spiro atoms. The van der Waals surface area contributed by atoms with E-state index in [1.54, 1.807) is 24.3 Å². The summed E-state index contributed by atoms with van der Waals surface area (Å²) in [5, 5.41) is 12.5. The van der Waals surface area contributed by atoms with E-state index in [4.69, 9.17) is 16.0 Å². The summed E-state index contributed by atoms with van der Waals surface area (Å²) in [6.07, 6.45) is 1.97. The molecule has 6 nitrogen and oxygen atoms in total. The van der Waals surface area contributed by atoms with Crippen LogP contribution < -0.4 is 5.32 Å². The molecular formula is C18H21ClN2O4. The number of nitrogens with zero attached hydrogens (tertiary/aromatic N) is 1. The number of hydrogen-bond acceptors (Lipinski definition) is 4. The van der Waals surface area contributed by atoms with Crippen LogP contribution in [0, 0.1) is 11.8 Å². The average molecular weight is 365 g/mol. The summed E-state index contributed by atoms with van der Waals surface area (Å²) in [7, 11) is 0. The minimum Gasteiger partial charge on any atom is -0.481 e. The predicted octanol–water partition coefficient (Wildman–Crippen LogP) is 3.40. The predicted molar refractivity (Wildman–Crippen MR) is 94.2 cm³/mol. The van der Waals surface area contributed by atoms with Gasteiger partial charge in [-0.2, -0.15) is 0 Å². The largest absolute Gasteiger partial charge is 0.481 e. The first-order valence-electron chi connectivity index (χ1n) is 8.05. The molecule has 2 N–H and O–H groups in total. The van der Waals surface area contributed by atoms with E-state index in [9.17, 15) is 14.7 Å². The second-order valence-corrected chi connectivity index (χ2v) is 6.73. The van der Waals surface area contributed by atoms with Crippen molar-refractivity contribution in [2.45, 2.75) is 26.7 Å². The van der Waals surface area contributed by atoms with Crippen LogP contribution in [0.5, 0.6) is 0 Å². The molecule has 7 heteroatoms. The summed E-state index contributed by atoms with van der Waals surface area (Å²) in [5.41, 5.74) is 1.25. The van der Waals surface area contributed by atoms with Gasteiger partial charge in [-0.1, -0.05) is 25.4 Å². The zero-order chi connectivity index (χ0) is 18.4. The number of oxazole rings is 1. The molecule has 1 heterocycles. The van der Waals surface area contributed by atoms with E-state index in [0.717, 1.165) is 5.56 Å². The van der Waals surface area contributed by atoms with Crippen LogP contribution in [0.15, 0.2) is 34.9 Å². The van der Waals surface area contributed by atoms with Gasteiger partial charge in [0.2, 0.25) is 11.8 Å². The van der Waals surface area contributed by atoms with Gasteiger partial charge in [0.1, 0.15) is 6.26 Å². The zero-order valence-electron chi connectivity index (χ0n) is 14.2. The lowest BCUT2D eigenvalue weighted by Crippen LogP contribution is -2.34. The van der Waals surface area contributed by atoms with Crippen molar-refractivity contribution in [1.29, 1.82) is 0 Å². The van der Waals surface area contributed by atoms with Crippen molar-refractivity contribution < 1.29 is 19.1 Å². The molecule has 1 atom stereocenters. The Hall–Kier alpha value is -2.34. The van der Waals surface area contributed by atoms with Crippen molar-refractivity contribution in [2.24, 2.45) is 11.8 Å². The van der Waals surface area contributed by atoms with Gasteiger partial charge in [0, 0.05) is 17.1 Å². The maximum Gasteiger partial charge on any atom is 0.308 e. The van der Waals surface area contributed by atoms with E-state index in [0.29, 0.717) is 23.0 Å². The van der Waals surface area contributed by atoms with Gasteiger partial charge in [0.05, 0.1) is 18.0 Å². The van der Waals surface area contributed by atoms with Gasteiger partial charge in [0.25, 0.3) is 0 Å².